The fraction of sp³-hybridized carbons (Fsp3) is 0.769. The molecule has 0 saturated heterocycles. The minimum atomic E-state index is -0.879. The monoisotopic (exact) mass is 410 g/mol. The molecule has 0 bridgehead atoms. The van der Waals surface area contributed by atoms with Crippen LogP contribution in [0.1, 0.15) is 104 Å². The maximum atomic E-state index is 9.34. The third-order valence-corrected chi connectivity index (χ3v) is 11.7. The van der Waals surface area contributed by atoms with Gasteiger partial charge in [0.25, 0.3) is 0 Å². The summed E-state index contributed by atoms with van der Waals surface area (Å²) >= 11 is 0. The van der Waals surface area contributed by atoms with E-state index >= 15 is 0 Å². The Hall–Kier alpha value is -0.550. The summed E-state index contributed by atoms with van der Waals surface area (Å²) in [4.78, 5) is 0. The van der Waals surface area contributed by atoms with Gasteiger partial charge in [0.05, 0.1) is 0 Å². The number of hydrogen-bond acceptors (Lipinski definition) is 1. The van der Waals surface area contributed by atoms with Gasteiger partial charge in [0.15, 0.2) is 0 Å². The van der Waals surface area contributed by atoms with Crippen molar-refractivity contribution >= 4 is 7.26 Å². The molecule has 1 aromatic rings. The summed E-state index contributed by atoms with van der Waals surface area (Å²) in [5.74, 6) is 0.431. The van der Waals surface area contributed by atoms with Crippen molar-refractivity contribution in [1.29, 1.82) is 0 Å². The normalized spacial score (nSPS) is 11.8. The van der Waals surface area contributed by atoms with Crippen LogP contribution in [0, 0.1) is 0 Å². The zero-order valence-electron chi connectivity index (χ0n) is 19.9. The van der Waals surface area contributed by atoms with Crippen molar-refractivity contribution in [1.82, 2.24) is 0 Å². The quantitative estimate of drug-likeness (QED) is 0.287. The van der Waals surface area contributed by atoms with Crippen molar-refractivity contribution in [3.63, 3.8) is 0 Å². The fourth-order valence-electron chi connectivity index (χ4n) is 4.05. The molecule has 0 amide bonds. The van der Waals surface area contributed by atoms with Crippen LogP contribution in [0.5, 0.6) is 5.75 Å². The molecule has 0 heterocycles. The average Bonchev–Trinajstić information content (AvgIpc) is 2.72. The molecule has 0 aliphatic rings. The number of phenols is 1. The van der Waals surface area contributed by atoms with E-state index in [-0.39, 0.29) is 0 Å². The van der Waals surface area contributed by atoms with Gasteiger partial charge in [-0.3, -0.25) is 0 Å². The largest absolute Gasteiger partial charge is 0.508 e. The van der Waals surface area contributed by atoms with E-state index in [1.807, 2.05) is 18.2 Å². The van der Waals surface area contributed by atoms with Gasteiger partial charge in [-0.2, -0.15) is 0 Å². The molecule has 0 aromatic heterocycles. The molecule has 28 heavy (non-hydrogen) atoms. The number of aromatic hydroxyl groups is 1. The zero-order chi connectivity index (χ0) is 21.1. The van der Waals surface area contributed by atoms with Gasteiger partial charge < -0.3 is 5.11 Å². The van der Waals surface area contributed by atoms with Crippen LogP contribution < -0.4 is 0 Å². The first-order valence-corrected chi connectivity index (χ1v) is 15.2. The van der Waals surface area contributed by atoms with E-state index in [9.17, 15) is 5.11 Å². The van der Waals surface area contributed by atoms with Gasteiger partial charge in [0.1, 0.15) is 5.75 Å². The molecule has 0 aliphatic heterocycles. The second-order valence-electron chi connectivity index (χ2n) is 8.65. The molecular formula is C26H51OP. The maximum absolute atomic E-state index is 9.34. The summed E-state index contributed by atoms with van der Waals surface area (Å²) in [6.45, 7) is 11.6. The van der Waals surface area contributed by atoms with Crippen LogP contribution in [0.15, 0.2) is 24.3 Å². The summed E-state index contributed by atoms with van der Waals surface area (Å²) in [7, 11) is -0.879. The summed E-state index contributed by atoms with van der Waals surface area (Å²) in [5.41, 5.74) is 1.06. The molecule has 1 N–H and O–H groups in total. The number of rotatable bonds is 15. The van der Waals surface area contributed by atoms with E-state index in [1.165, 1.54) is 57.8 Å². The number of benzene rings is 1. The zero-order valence-corrected chi connectivity index (χ0v) is 20.9. The number of aryl methyl sites for hydroxylation is 1. The van der Waals surface area contributed by atoms with E-state index < -0.39 is 7.26 Å². The van der Waals surface area contributed by atoms with Crippen LogP contribution in [0.4, 0.5) is 0 Å². The van der Waals surface area contributed by atoms with Gasteiger partial charge in [-0.25, -0.2) is 0 Å². The van der Waals surface area contributed by atoms with E-state index in [1.54, 1.807) is 30.7 Å². The van der Waals surface area contributed by atoms with Crippen LogP contribution in [0.2, 0.25) is 0 Å². The third-order valence-electron chi connectivity index (χ3n) is 6.03. The first-order chi connectivity index (χ1) is 13.6. The first-order valence-electron chi connectivity index (χ1n) is 12.4. The Balaban J connectivity index is 0.000000567. The summed E-state index contributed by atoms with van der Waals surface area (Å²) in [6, 6.07) is 7.53. The molecule has 0 spiro atoms. The maximum Gasteiger partial charge on any atom is 0.118 e. The van der Waals surface area contributed by atoms with Gasteiger partial charge in [0.2, 0.25) is 0 Å². The van der Waals surface area contributed by atoms with Crippen molar-refractivity contribution < 1.29 is 5.11 Å². The van der Waals surface area contributed by atoms with E-state index in [2.05, 4.69) is 34.6 Å². The molecule has 0 unspecified atom stereocenters. The first kappa shape index (κ1) is 27.5. The van der Waals surface area contributed by atoms with Crippen molar-refractivity contribution in [2.24, 2.45) is 0 Å². The van der Waals surface area contributed by atoms with Crippen LogP contribution in [0.3, 0.4) is 0 Å². The smallest absolute Gasteiger partial charge is 0.118 e. The molecule has 0 radical (unpaired) electrons. The molecule has 166 valence electrons. The Morgan fingerprint density at radius 3 is 1.36 bits per heavy atom. The SMILES string of the molecule is CCCC[PH](CCCC)(CCCC)CCCC.CCCCc1ccccc1O. The Bertz CT molecular complexity index is 420. The number of hydrogen-bond donors (Lipinski definition) is 1. The molecule has 0 aliphatic carbocycles. The second kappa shape index (κ2) is 18.5. The molecule has 2 heteroatoms. The van der Waals surface area contributed by atoms with E-state index in [0.717, 1.165) is 18.4 Å². The Morgan fingerprint density at radius 2 is 1.00 bits per heavy atom. The minimum absolute atomic E-state index is 0.431. The Morgan fingerprint density at radius 1 is 0.607 bits per heavy atom. The molecule has 0 fully saturated rings. The van der Waals surface area contributed by atoms with Gasteiger partial charge in [0, 0.05) is 0 Å². The van der Waals surface area contributed by atoms with E-state index in [4.69, 9.17) is 0 Å². The molecular weight excluding hydrogens is 359 g/mol. The summed E-state index contributed by atoms with van der Waals surface area (Å²) in [6.07, 6.45) is 21.4. The van der Waals surface area contributed by atoms with Crippen LogP contribution >= 0.6 is 7.26 Å². The van der Waals surface area contributed by atoms with Crippen molar-refractivity contribution in [3.05, 3.63) is 29.8 Å². The predicted molar refractivity (Wildman–Crippen MR) is 134 cm³/mol. The molecule has 1 rings (SSSR count). The minimum Gasteiger partial charge on any atom is -0.508 e. The van der Waals surface area contributed by atoms with Crippen molar-refractivity contribution in [2.75, 3.05) is 24.6 Å². The van der Waals surface area contributed by atoms with Gasteiger partial charge in [-0.1, -0.05) is 31.5 Å². The summed E-state index contributed by atoms with van der Waals surface area (Å²) < 4.78 is 0. The van der Waals surface area contributed by atoms with Crippen LogP contribution in [0.25, 0.3) is 0 Å². The van der Waals surface area contributed by atoms with Crippen LogP contribution in [-0.2, 0) is 6.42 Å². The molecule has 1 nitrogen and oxygen atoms in total. The number of unbranched alkanes of at least 4 members (excludes halogenated alkanes) is 5. The van der Waals surface area contributed by atoms with Crippen molar-refractivity contribution in [3.8, 4) is 5.75 Å². The van der Waals surface area contributed by atoms with E-state index in [0.29, 0.717) is 5.75 Å². The third kappa shape index (κ3) is 12.8. The average molecular weight is 411 g/mol. The molecule has 0 atom stereocenters. The number of para-hydroxylation sites is 1. The van der Waals surface area contributed by atoms with Crippen LogP contribution in [-0.4, -0.2) is 29.8 Å². The van der Waals surface area contributed by atoms with Gasteiger partial charge >= 0.3 is 111 Å². The standard InChI is InChI=1S/C16H37P.C10H14O/c1-5-9-13-17(14-10-6-2,15-11-7-3)16-12-8-4;1-2-3-6-9-7-4-5-8-10(9)11/h17H,5-16H2,1-4H3;4-5,7-8,11H,2-3,6H2,1H3. The second-order valence-corrected chi connectivity index (χ2v) is 13.6. The molecule has 1 aromatic carbocycles. The Labute approximate surface area is 178 Å². The fourth-order valence-corrected chi connectivity index (χ4v) is 9.96. The van der Waals surface area contributed by atoms with Gasteiger partial charge in [-0.15, -0.1) is 0 Å². The number of phenolic OH excluding ortho intramolecular Hbond substituents is 1. The Kier molecular flexibility index (Phi) is 18.1. The molecule has 0 saturated carbocycles. The van der Waals surface area contributed by atoms with Crippen molar-refractivity contribution in [2.45, 2.75) is 105 Å². The van der Waals surface area contributed by atoms with Gasteiger partial charge in [-0.05, 0) is 24.5 Å². The topological polar surface area (TPSA) is 20.2 Å². The predicted octanol–water partition coefficient (Wildman–Crippen LogP) is 8.67. The summed E-state index contributed by atoms with van der Waals surface area (Å²) in [5, 5.41) is 9.34.